The second-order valence-electron chi connectivity index (χ2n) is 6.26. The van der Waals surface area contributed by atoms with Crippen molar-refractivity contribution in [2.75, 3.05) is 7.05 Å². The fourth-order valence-electron chi connectivity index (χ4n) is 3.87. The third kappa shape index (κ3) is 1.88. The minimum Gasteiger partial charge on any atom is -0.307 e. The molecule has 2 unspecified atom stereocenters. The topological polar surface area (TPSA) is 42.7 Å². The number of aromatic nitrogens is 3. The van der Waals surface area contributed by atoms with Gasteiger partial charge in [0, 0.05) is 0 Å². The van der Waals surface area contributed by atoms with E-state index in [1.54, 1.807) is 0 Å². The first kappa shape index (κ1) is 14.2. The molecule has 4 heteroatoms. The smallest absolute Gasteiger partial charge is 0.113 e. The summed E-state index contributed by atoms with van der Waals surface area (Å²) in [4.78, 5) is 0. The van der Waals surface area contributed by atoms with Crippen molar-refractivity contribution >= 4 is 11.0 Å². The van der Waals surface area contributed by atoms with E-state index in [0.29, 0.717) is 5.92 Å². The Kier molecular flexibility index (Phi) is 3.10. The van der Waals surface area contributed by atoms with Gasteiger partial charge in [-0.05, 0) is 54.8 Å². The highest BCUT2D eigenvalue weighted by molar-refractivity contribution is 5.76. The summed E-state index contributed by atoms with van der Waals surface area (Å²) in [5.74, 6) is 0.475. The van der Waals surface area contributed by atoms with Gasteiger partial charge in [0.1, 0.15) is 5.52 Å². The number of likely N-dealkylation sites (N-methyl/N-ethyl adjacent to an activating group) is 1. The Morgan fingerprint density at radius 2 is 2.13 bits per heavy atom. The van der Waals surface area contributed by atoms with E-state index in [4.69, 9.17) is 0 Å². The normalized spacial score (nSPS) is 23.1. The zero-order valence-corrected chi connectivity index (χ0v) is 13.5. The van der Waals surface area contributed by atoms with Crippen molar-refractivity contribution in [3.8, 4) is 5.69 Å². The van der Waals surface area contributed by atoms with Crippen molar-refractivity contribution in [1.82, 2.24) is 20.3 Å². The van der Waals surface area contributed by atoms with Crippen LogP contribution >= 0.6 is 0 Å². The molecule has 4 nitrogen and oxygen atoms in total. The van der Waals surface area contributed by atoms with Crippen LogP contribution in [0.1, 0.15) is 18.1 Å². The number of para-hydroxylation sites is 1. The first-order valence-electron chi connectivity index (χ1n) is 7.96. The molecule has 1 aliphatic rings. The summed E-state index contributed by atoms with van der Waals surface area (Å²) in [6, 6.07) is 14.6. The molecule has 0 aliphatic heterocycles. The zero-order valence-electron chi connectivity index (χ0n) is 13.5. The summed E-state index contributed by atoms with van der Waals surface area (Å²) < 4.78 is 1.90. The van der Waals surface area contributed by atoms with Crippen LogP contribution < -0.4 is 5.32 Å². The lowest BCUT2D eigenvalue weighted by Crippen LogP contribution is -2.41. The number of fused-ring (bicyclic) bond motifs is 2. The number of benzene rings is 2. The van der Waals surface area contributed by atoms with Gasteiger partial charge in [0.15, 0.2) is 0 Å². The van der Waals surface area contributed by atoms with Crippen molar-refractivity contribution in [1.29, 1.82) is 0 Å². The molecule has 0 amide bonds. The molecule has 1 aliphatic carbocycles. The Hall–Kier alpha value is -2.46. The first-order chi connectivity index (χ1) is 11.2. The number of nitrogens with zero attached hydrogens (tertiary/aromatic N) is 3. The Labute approximate surface area is 135 Å². The van der Waals surface area contributed by atoms with Gasteiger partial charge in [0.05, 0.1) is 16.7 Å². The summed E-state index contributed by atoms with van der Waals surface area (Å²) in [7, 11) is 2.00. The molecule has 0 fully saturated rings. The second kappa shape index (κ2) is 5.03. The first-order valence-corrected chi connectivity index (χ1v) is 7.96. The summed E-state index contributed by atoms with van der Waals surface area (Å²) in [6.45, 7) is 6.35. The lowest BCUT2D eigenvalue weighted by atomic mass is 9.85. The lowest BCUT2D eigenvalue weighted by Gasteiger charge is -2.31. The number of nitrogens with one attached hydrogen (secondary N) is 1. The summed E-state index contributed by atoms with van der Waals surface area (Å²) in [5.41, 5.74) is 5.45. The Bertz CT molecular complexity index is 895. The molecular weight excluding hydrogens is 284 g/mol. The molecule has 1 heterocycles. The Balaban J connectivity index is 1.91. The molecule has 3 aromatic rings. The van der Waals surface area contributed by atoms with E-state index in [1.165, 1.54) is 11.1 Å². The molecule has 23 heavy (non-hydrogen) atoms. The van der Waals surface area contributed by atoms with Gasteiger partial charge < -0.3 is 5.32 Å². The SMILES string of the molecule is C=CC1(NC)c2cc(-n3nnc4ccccc43)ccc2CC1C. The van der Waals surface area contributed by atoms with E-state index < -0.39 is 0 Å². The zero-order chi connectivity index (χ0) is 16.0. The van der Waals surface area contributed by atoms with Gasteiger partial charge in [-0.25, -0.2) is 4.68 Å². The highest BCUT2D eigenvalue weighted by Gasteiger charge is 2.41. The van der Waals surface area contributed by atoms with E-state index in [-0.39, 0.29) is 5.54 Å². The van der Waals surface area contributed by atoms with Crippen LogP contribution in [0.2, 0.25) is 0 Å². The minimum atomic E-state index is -0.179. The van der Waals surface area contributed by atoms with Crippen molar-refractivity contribution in [2.24, 2.45) is 5.92 Å². The van der Waals surface area contributed by atoms with Gasteiger partial charge in [0.2, 0.25) is 0 Å². The molecule has 0 saturated heterocycles. The molecule has 0 saturated carbocycles. The fourth-order valence-corrected chi connectivity index (χ4v) is 3.87. The molecule has 116 valence electrons. The number of rotatable bonds is 3. The van der Waals surface area contributed by atoms with Crippen molar-refractivity contribution in [3.63, 3.8) is 0 Å². The second-order valence-corrected chi connectivity index (χ2v) is 6.26. The van der Waals surface area contributed by atoms with Gasteiger partial charge >= 0.3 is 0 Å². The lowest BCUT2D eigenvalue weighted by molar-refractivity contribution is 0.339. The van der Waals surface area contributed by atoms with Crippen molar-refractivity contribution < 1.29 is 0 Å². The van der Waals surface area contributed by atoms with Crippen LogP contribution in [0.5, 0.6) is 0 Å². The van der Waals surface area contributed by atoms with E-state index in [0.717, 1.165) is 23.1 Å². The Morgan fingerprint density at radius 1 is 1.30 bits per heavy atom. The molecule has 0 spiro atoms. The number of hydrogen-bond donors (Lipinski definition) is 1. The minimum absolute atomic E-state index is 0.179. The van der Waals surface area contributed by atoms with Gasteiger partial charge in [-0.1, -0.05) is 36.4 Å². The molecule has 2 atom stereocenters. The maximum Gasteiger partial charge on any atom is 0.113 e. The van der Waals surface area contributed by atoms with E-state index in [9.17, 15) is 0 Å². The van der Waals surface area contributed by atoms with E-state index in [1.807, 2.05) is 42.1 Å². The van der Waals surface area contributed by atoms with Gasteiger partial charge in [-0.15, -0.1) is 11.7 Å². The fraction of sp³-hybridized carbons (Fsp3) is 0.263. The molecule has 0 bridgehead atoms. The summed E-state index contributed by atoms with van der Waals surface area (Å²) in [6.07, 6.45) is 3.09. The summed E-state index contributed by atoms with van der Waals surface area (Å²) >= 11 is 0. The van der Waals surface area contributed by atoms with Crippen LogP contribution in [0.4, 0.5) is 0 Å². The monoisotopic (exact) mass is 304 g/mol. The standard InChI is InChI=1S/C19H20N4/c1-4-19(20-3)13(2)11-14-9-10-15(12-16(14)19)23-18-8-6-5-7-17(18)21-22-23/h4-10,12-13,20H,1,11H2,2-3H3. The molecule has 1 aromatic heterocycles. The van der Waals surface area contributed by atoms with Crippen LogP contribution in [0.25, 0.3) is 16.7 Å². The third-order valence-corrected chi connectivity index (χ3v) is 5.17. The molecular formula is C19H20N4. The predicted octanol–water partition coefficient (Wildman–Crippen LogP) is 3.21. The van der Waals surface area contributed by atoms with Gasteiger partial charge in [-0.3, -0.25) is 0 Å². The van der Waals surface area contributed by atoms with Crippen LogP contribution in [-0.4, -0.2) is 22.0 Å². The van der Waals surface area contributed by atoms with Crippen LogP contribution in [-0.2, 0) is 12.0 Å². The van der Waals surface area contributed by atoms with E-state index in [2.05, 4.69) is 47.3 Å². The third-order valence-electron chi connectivity index (χ3n) is 5.17. The quantitative estimate of drug-likeness (QED) is 0.756. The van der Waals surface area contributed by atoms with Gasteiger partial charge in [0.25, 0.3) is 0 Å². The summed E-state index contributed by atoms with van der Waals surface area (Å²) in [5, 5.41) is 12.1. The highest BCUT2D eigenvalue weighted by Crippen LogP contribution is 2.42. The van der Waals surface area contributed by atoms with Crippen LogP contribution in [0.3, 0.4) is 0 Å². The van der Waals surface area contributed by atoms with E-state index >= 15 is 0 Å². The predicted molar refractivity (Wildman–Crippen MR) is 92.7 cm³/mol. The molecule has 1 N–H and O–H groups in total. The maximum absolute atomic E-state index is 4.33. The van der Waals surface area contributed by atoms with Crippen molar-refractivity contribution in [2.45, 2.75) is 18.9 Å². The molecule has 4 rings (SSSR count). The molecule has 0 radical (unpaired) electrons. The average Bonchev–Trinajstić information content (AvgIpc) is 3.13. The van der Waals surface area contributed by atoms with Crippen LogP contribution in [0.15, 0.2) is 55.1 Å². The van der Waals surface area contributed by atoms with Gasteiger partial charge in [-0.2, -0.15) is 0 Å². The highest BCUT2D eigenvalue weighted by atomic mass is 15.4. The average molecular weight is 304 g/mol. The number of hydrogen-bond acceptors (Lipinski definition) is 3. The van der Waals surface area contributed by atoms with Crippen molar-refractivity contribution in [3.05, 3.63) is 66.2 Å². The Morgan fingerprint density at radius 3 is 2.91 bits per heavy atom. The molecule has 2 aromatic carbocycles. The maximum atomic E-state index is 4.33. The van der Waals surface area contributed by atoms with Crippen LogP contribution in [0, 0.1) is 5.92 Å². The largest absolute Gasteiger partial charge is 0.307 e.